The predicted octanol–water partition coefficient (Wildman–Crippen LogP) is 3.52. The molecule has 23 heavy (non-hydrogen) atoms. The van der Waals surface area contributed by atoms with Crippen LogP contribution in [-0.2, 0) is 27.3 Å². The third-order valence-electron chi connectivity index (χ3n) is 3.07. The van der Waals surface area contributed by atoms with Crippen molar-refractivity contribution in [3.8, 4) is 0 Å². The van der Waals surface area contributed by atoms with Crippen LogP contribution in [0.4, 0.5) is 4.79 Å². The molecule has 1 heterocycles. The Kier molecular flexibility index (Phi) is 6.61. The summed E-state index contributed by atoms with van der Waals surface area (Å²) in [6.45, 7) is 0.142. The molecule has 0 spiro atoms. The zero-order valence-electron chi connectivity index (χ0n) is 12.5. The minimum Gasteiger partial charge on any atom is -0.467 e. The third kappa shape index (κ3) is 5.37. The van der Waals surface area contributed by atoms with Crippen LogP contribution in [0.3, 0.4) is 0 Å². The van der Waals surface area contributed by atoms with E-state index < -0.39 is 18.1 Å². The Labute approximate surface area is 146 Å². The number of esters is 1. The van der Waals surface area contributed by atoms with Gasteiger partial charge in [-0.1, -0.05) is 30.3 Å². The molecule has 0 aliphatic carbocycles. The maximum atomic E-state index is 11.9. The summed E-state index contributed by atoms with van der Waals surface area (Å²) in [6.07, 6.45) is -0.317. The van der Waals surface area contributed by atoms with E-state index in [1.54, 1.807) is 0 Å². The largest absolute Gasteiger partial charge is 0.467 e. The summed E-state index contributed by atoms with van der Waals surface area (Å²) in [4.78, 5) is 24.7. The van der Waals surface area contributed by atoms with Gasteiger partial charge in [-0.25, -0.2) is 9.59 Å². The van der Waals surface area contributed by atoms with Gasteiger partial charge in [-0.05, 0) is 32.9 Å². The number of thiophene rings is 1. The Balaban J connectivity index is 1.93. The minimum atomic E-state index is -0.793. The summed E-state index contributed by atoms with van der Waals surface area (Å²) >= 11 is 4.90. The Morgan fingerprint density at radius 1 is 1.26 bits per heavy atom. The molecule has 5 nitrogen and oxygen atoms in total. The van der Waals surface area contributed by atoms with Crippen molar-refractivity contribution in [2.75, 3.05) is 7.11 Å². The number of nitrogens with one attached hydrogen (secondary N) is 1. The molecule has 0 saturated heterocycles. The number of benzene rings is 1. The highest BCUT2D eigenvalue weighted by atomic mass is 79.9. The van der Waals surface area contributed by atoms with Gasteiger partial charge < -0.3 is 14.8 Å². The van der Waals surface area contributed by atoms with Crippen LogP contribution in [0.5, 0.6) is 0 Å². The van der Waals surface area contributed by atoms with Gasteiger partial charge in [0.1, 0.15) is 12.6 Å². The normalized spacial score (nSPS) is 11.6. The molecule has 0 fully saturated rings. The number of ether oxygens (including phenoxy) is 2. The number of methoxy groups -OCH3 is 1. The van der Waals surface area contributed by atoms with Crippen LogP contribution in [0.25, 0.3) is 0 Å². The van der Waals surface area contributed by atoms with Crippen LogP contribution in [-0.4, -0.2) is 25.2 Å². The molecular formula is C16H16BrNO4S. The SMILES string of the molecule is COC(=O)[C@H](Cc1sccc1Br)NC(=O)OCc1ccccc1. The molecule has 1 amide bonds. The predicted molar refractivity (Wildman–Crippen MR) is 91.3 cm³/mol. The third-order valence-corrected chi connectivity index (χ3v) is 5.02. The van der Waals surface area contributed by atoms with E-state index in [2.05, 4.69) is 21.2 Å². The molecule has 2 rings (SSSR count). The van der Waals surface area contributed by atoms with Crippen LogP contribution in [0.1, 0.15) is 10.4 Å². The van der Waals surface area contributed by atoms with Crippen molar-refractivity contribution in [1.29, 1.82) is 0 Å². The Morgan fingerprint density at radius 3 is 2.61 bits per heavy atom. The van der Waals surface area contributed by atoms with Crippen LogP contribution in [0.2, 0.25) is 0 Å². The molecule has 122 valence electrons. The summed E-state index contributed by atoms with van der Waals surface area (Å²) in [7, 11) is 1.29. The molecule has 2 aromatic rings. The van der Waals surface area contributed by atoms with E-state index in [0.29, 0.717) is 6.42 Å². The van der Waals surface area contributed by atoms with E-state index >= 15 is 0 Å². The first-order valence-corrected chi connectivity index (χ1v) is 8.54. The first kappa shape index (κ1) is 17.5. The molecule has 0 aliphatic heterocycles. The molecule has 0 unspecified atom stereocenters. The molecular weight excluding hydrogens is 382 g/mol. The number of hydrogen-bond donors (Lipinski definition) is 1. The monoisotopic (exact) mass is 397 g/mol. The number of amides is 1. The van der Waals surface area contributed by atoms with Crippen molar-refractivity contribution < 1.29 is 19.1 Å². The van der Waals surface area contributed by atoms with E-state index in [1.165, 1.54) is 18.4 Å². The Hall–Kier alpha value is -1.86. The average Bonchev–Trinajstić information content (AvgIpc) is 2.97. The summed E-state index contributed by atoms with van der Waals surface area (Å²) in [5, 5.41) is 4.46. The molecule has 1 N–H and O–H groups in total. The zero-order valence-corrected chi connectivity index (χ0v) is 14.9. The summed E-state index contributed by atoms with van der Waals surface area (Å²) in [5.41, 5.74) is 0.873. The fourth-order valence-electron chi connectivity index (χ4n) is 1.90. The lowest BCUT2D eigenvalue weighted by atomic mass is 10.2. The molecule has 0 saturated carbocycles. The van der Waals surface area contributed by atoms with E-state index in [9.17, 15) is 9.59 Å². The molecule has 1 aromatic heterocycles. The van der Waals surface area contributed by atoms with Crippen molar-refractivity contribution in [2.24, 2.45) is 0 Å². The lowest BCUT2D eigenvalue weighted by Gasteiger charge is -2.16. The van der Waals surface area contributed by atoms with Crippen LogP contribution < -0.4 is 5.32 Å². The van der Waals surface area contributed by atoms with Gasteiger partial charge in [0.25, 0.3) is 0 Å². The van der Waals surface area contributed by atoms with Gasteiger partial charge in [0.2, 0.25) is 0 Å². The second kappa shape index (κ2) is 8.69. The molecule has 1 atom stereocenters. The summed E-state index contributed by atoms with van der Waals surface area (Å²) in [6, 6.07) is 10.4. The first-order valence-electron chi connectivity index (χ1n) is 6.87. The highest BCUT2D eigenvalue weighted by molar-refractivity contribution is 9.10. The molecule has 7 heteroatoms. The van der Waals surface area contributed by atoms with Gasteiger partial charge in [0, 0.05) is 15.8 Å². The van der Waals surface area contributed by atoms with Gasteiger partial charge in [-0.3, -0.25) is 0 Å². The number of carbonyl (C=O) groups excluding carboxylic acids is 2. The van der Waals surface area contributed by atoms with Crippen LogP contribution >= 0.6 is 27.3 Å². The number of alkyl carbamates (subject to hydrolysis) is 1. The van der Waals surface area contributed by atoms with E-state index in [4.69, 9.17) is 9.47 Å². The number of carbonyl (C=O) groups is 2. The zero-order chi connectivity index (χ0) is 16.7. The first-order chi connectivity index (χ1) is 11.1. The lowest BCUT2D eigenvalue weighted by Crippen LogP contribution is -2.43. The van der Waals surface area contributed by atoms with Gasteiger partial charge in [-0.2, -0.15) is 0 Å². The highest BCUT2D eigenvalue weighted by Crippen LogP contribution is 2.24. The van der Waals surface area contributed by atoms with Gasteiger partial charge in [0.05, 0.1) is 7.11 Å². The molecule has 1 aromatic carbocycles. The standard InChI is InChI=1S/C16H16BrNO4S/c1-21-15(19)13(9-14-12(17)7-8-23-14)18-16(20)22-10-11-5-3-2-4-6-11/h2-8,13H,9-10H2,1H3,(H,18,20)/t13-/m0/s1. The lowest BCUT2D eigenvalue weighted by molar-refractivity contribution is -0.142. The Morgan fingerprint density at radius 2 is 2.00 bits per heavy atom. The maximum absolute atomic E-state index is 11.9. The maximum Gasteiger partial charge on any atom is 0.408 e. The topological polar surface area (TPSA) is 64.6 Å². The van der Waals surface area contributed by atoms with Gasteiger partial charge in [-0.15, -0.1) is 11.3 Å². The summed E-state index contributed by atoms with van der Waals surface area (Å²) < 4.78 is 10.8. The number of halogens is 1. The fraction of sp³-hybridized carbons (Fsp3) is 0.250. The Bertz CT molecular complexity index is 659. The van der Waals surface area contributed by atoms with Gasteiger partial charge in [0.15, 0.2) is 0 Å². The summed E-state index contributed by atoms with van der Waals surface area (Å²) in [5.74, 6) is -0.512. The van der Waals surface area contributed by atoms with Gasteiger partial charge >= 0.3 is 12.1 Å². The number of hydrogen-bond acceptors (Lipinski definition) is 5. The number of rotatable bonds is 6. The molecule has 0 radical (unpaired) electrons. The van der Waals surface area contributed by atoms with Crippen LogP contribution in [0, 0.1) is 0 Å². The second-order valence-corrected chi connectivity index (χ2v) is 6.53. The van der Waals surface area contributed by atoms with E-state index in [-0.39, 0.29) is 6.61 Å². The highest BCUT2D eigenvalue weighted by Gasteiger charge is 2.24. The van der Waals surface area contributed by atoms with Crippen molar-refractivity contribution >= 4 is 39.3 Å². The van der Waals surface area contributed by atoms with E-state index in [1.807, 2.05) is 41.8 Å². The fourth-order valence-corrected chi connectivity index (χ4v) is 3.46. The smallest absolute Gasteiger partial charge is 0.408 e. The van der Waals surface area contributed by atoms with E-state index in [0.717, 1.165) is 14.9 Å². The van der Waals surface area contributed by atoms with Crippen molar-refractivity contribution in [2.45, 2.75) is 19.1 Å². The molecule has 0 bridgehead atoms. The molecule has 0 aliphatic rings. The van der Waals surface area contributed by atoms with Crippen molar-refractivity contribution in [1.82, 2.24) is 5.32 Å². The second-order valence-electron chi connectivity index (χ2n) is 4.68. The van der Waals surface area contributed by atoms with Crippen molar-refractivity contribution in [3.05, 3.63) is 56.7 Å². The van der Waals surface area contributed by atoms with Crippen molar-refractivity contribution in [3.63, 3.8) is 0 Å². The quantitative estimate of drug-likeness (QED) is 0.757. The minimum absolute atomic E-state index is 0.142. The van der Waals surface area contributed by atoms with Crippen LogP contribution in [0.15, 0.2) is 46.3 Å². The average molecular weight is 398 g/mol.